The minimum Gasteiger partial charge on any atom is -0.462 e. The number of halogens is 2. The van der Waals surface area contributed by atoms with Crippen molar-refractivity contribution in [2.24, 2.45) is 0 Å². The Hall–Kier alpha value is -2.19. The van der Waals surface area contributed by atoms with Gasteiger partial charge in [-0.15, -0.1) is 0 Å². The molecule has 0 N–H and O–H groups in total. The number of hydrogen-bond donors (Lipinski definition) is 0. The van der Waals surface area contributed by atoms with Crippen LogP contribution in [0.2, 0.25) is 5.02 Å². The van der Waals surface area contributed by atoms with Crippen LogP contribution < -0.4 is 0 Å². The first-order valence-corrected chi connectivity index (χ1v) is 12.2. The number of hydrogen-bond acceptors (Lipinski definition) is 4. The van der Waals surface area contributed by atoms with E-state index in [1.165, 1.54) is 16.4 Å². The van der Waals surface area contributed by atoms with Crippen molar-refractivity contribution in [3.8, 4) is 0 Å². The topological polar surface area (TPSA) is 63.7 Å². The second-order valence-electron chi connectivity index (χ2n) is 6.77. The highest BCUT2D eigenvalue weighted by molar-refractivity contribution is 9.10. The lowest BCUT2D eigenvalue weighted by Crippen LogP contribution is -2.30. The van der Waals surface area contributed by atoms with Gasteiger partial charge in [0.25, 0.3) is 0 Å². The molecule has 162 valence electrons. The van der Waals surface area contributed by atoms with Crippen molar-refractivity contribution in [1.29, 1.82) is 0 Å². The van der Waals surface area contributed by atoms with E-state index in [2.05, 4.69) is 15.9 Å². The third-order valence-corrected chi connectivity index (χ3v) is 7.13. The maximum atomic E-state index is 13.4. The summed E-state index contributed by atoms with van der Waals surface area (Å²) in [6, 6.07) is 20.3. The molecule has 3 aromatic rings. The van der Waals surface area contributed by atoms with E-state index in [1.54, 1.807) is 43.3 Å². The first-order valence-electron chi connectivity index (χ1n) is 9.56. The predicted molar refractivity (Wildman–Crippen MR) is 124 cm³/mol. The van der Waals surface area contributed by atoms with Crippen molar-refractivity contribution in [3.05, 3.63) is 99.0 Å². The molecule has 5 nitrogen and oxygen atoms in total. The molecule has 3 rings (SSSR count). The first kappa shape index (κ1) is 23.5. The highest BCUT2D eigenvalue weighted by atomic mass is 79.9. The van der Waals surface area contributed by atoms with E-state index in [0.29, 0.717) is 17.2 Å². The lowest BCUT2D eigenvalue weighted by atomic mass is 10.1. The molecule has 31 heavy (non-hydrogen) atoms. The Bertz CT molecular complexity index is 1130. The van der Waals surface area contributed by atoms with E-state index in [1.807, 2.05) is 24.3 Å². The maximum Gasteiger partial charge on any atom is 0.338 e. The zero-order valence-corrected chi connectivity index (χ0v) is 20.0. The second-order valence-corrected chi connectivity index (χ2v) is 10.1. The van der Waals surface area contributed by atoms with Gasteiger partial charge in [0, 0.05) is 22.6 Å². The van der Waals surface area contributed by atoms with Crippen molar-refractivity contribution in [2.45, 2.75) is 24.9 Å². The third-order valence-electron chi connectivity index (χ3n) is 4.55. The summed E-state index contributed by atoms with van der Waals surface area (Å²) in [6.45, 7) is 2.37. The fourth-order valence-corrected chi connectivity index (χ4v) is 4.75. The van der Waals surface area contributed by atoms with Crippen LogP contribution in [0.15, 0.2) is 82.2 Å². The lowest BCUT2D eigenvalue weighted by molar-refractivity contribution is 0.0526. The van der Waals surface area contributed by atoms with Gasteiger partial charge in [-0.25, -0.2) is 13.2 Å². The van der Waals surface area contributed by atoms with Gasteiger partial charge in [-0.05, 0) is 66.6 Å². The SMILES string of the molecule is CCOC(=O)c1ccc(CN(Cc2ccc(Br)cc2)S(=O)(=O)c2ccc(Cl)cc2)cc1. The molecule has 0 bridgehead atoms. The monoisotopic (exact) mass is 521 g/mol. The van der Waals surface area contributed by atoms with Gasteiger partial charge in [0.15, 0.2) is 0 Å². The van der Waals surface area contributed by atoms with Gasteiger partial charge < -0.3 is 4.74 Å². The molecule has 8 heteroatoms. The Morgan fingerprint density at radius 1 is 0.903 bits per heavy atom. The molecule has 0 spiro atoms. The highest BCUT2D eigenvalue weighted by Crippen LogP contribution is 2.23. The highest BCUT2D eigenvalue weighted by Gasteiger charge is 2.25. The van der Waals surface area contributed by atoms with Crippen LogP contribution in [-0.2, 0) is 27.8 Å². The quantitative estimate of drug-likeness (QED) is 0.358. The molecular weight excluding hydrogens is 502 g/mol. The minimum atomic E-state index is -3.79. The van der Waals surface area contributed by atoms with Crippen molar-refractivity contribution >= 4 is 43.5 Å². The van der Waals surface area contributed by atoms with Crippen LogP contribution in [0.5, 0.6) is 0 Å². The molecule has 0 aliphatic carbocycles. The number of nitrogens with zero attached hydrogens (tertiary/aromatic N) is 1. The summed E-state index contributed by atoms with van der Waals surface area (Å²) in [4.78, 5) is 12.0. The van der Waals surface area contributed by atoms with Gasteiger partial charge in [0.1, 0.15) is 0 Å². The van der Waals surface area contributed by atoms with Crippen LogP contribution in [0.4, 0.5) is 0 Å². The van der Waals surface area contributed by atoms with Gasteiger partial charge >= 0.3 is 5.97 Å². The minimum absolute atomic E-state index is 0.143. The smallest absolute Gasteiger partial charge is 0.338 e. The molecule has 0 aromatic heterocycles. The van der Waals surface area contributed by atoms with Crippen molar-refractivity contribution < 1.29 is 17.9 Å². The molecule has 0 atom stereocenters. The lowest BCUT2D eigenvalue weighted by Gasteiger charge is -2.23. The maximum absolute atomic E-state index is 13.4. The number of rotatable bonds is 8. The molecular formula is C23H21BrClNO4S. The fraction of sp³-hybridized carbons (Fsp3) is 0.174. The standard InChI is InChI=1S/C23H21BrClNO4S/c1-2-30-23(27)19-7-3-17(4-8-19)15-26(16-18-5-9-20(24)10-6-18)31(28,29)22-13-11-21(25)12-14-22/h3-14H,2,15-16H2,1H3. The normalized spacial score (nSPS) is 11.5. The van der Waals surface area contributed by atoms with E-state index >= 15 is 0 Å². The number of ether oxygens (including phenoxy) is 1. The number of esters is 1. The molecule has 0 radical (unpaired) electrons. The number of sulfonamides is 1. The van der Waals surface area contributed by atoms with Gasteiger partial charge in [0.2, 0.25) is 10.0 Å². The summed E-state index contributed by atoms with van der Waals surface area (Å²) in [5.41, 5.74) is 2.03. The zero-order valence-electron chi connectivity index (χ0n) is 16.8. The zero-order chi connectivity index (χ0) is 22.4. The van der Waals surface area contributed by atoms with Crippen molar-refractivity contribution in [3.63, 3.8) is 0 Å². The molecule has 0 saturated carbocycles. The molecule has 0 unspecified atom stereocenters. The molecule has 0 aliphatic heterocycles. The van der Waals surface area contributed by atoms with Gasteiger partial charge in [0.05, 0.1) is 17.1 Å². The summed E-state index contributed by atoms with van der Waals surface area (Å²) < 4.78 is 34.1. The molecule has 3 aromatic carbocycles. The molecule has 0 heterocycles. The largest absolute Gasteiger partial charge is 0.462 e. The summed E-state index contributed by atoms with van der Waals surface area (Å²) in [7, 11) is -3.79. The first-order chi connectivity index (χ1) is 14.8. The van der Waals surface area contributed by atoms with Crippen molar-refractivity contribution in [2.75, 3.05) is 6.61 Å². The second kappa shape index (κ2) is 10.4. The number of benzene rings is 3. The average Bonchev–Trinajstić information content (AvgIpc) is 2.76. The van der Waals surface area contributed by atoms with E-state index in [-0.39, 0.29) is 18.0 Å². The number of carbonyl (C=O) groups is 1. The average molecular weight is 523 g/mol. The van der Waals surface area contributed by atoms with Gasteiger partial charge in [-0.1, -0.05) is 51.8 Å². The van der Waals surface area contributed by atoms with Gasteiger partial charge in [-0.3, -0.25) is 0 Å². The van der Waals surface area contributed by atoms with E-state index < -0.39 is 16.0 Å². The third kappa shape index (κ3) is 6.17. The van der Waals surface area contributed by atoms with E-state index in [0.717, 1.165) is 15.6 Å². The van der Waals surface area contributed by atoms with Crippen LogP contribution in [0, 0.1) is 0 Å². The van der Waals surface area contributed by atoms with Crippen LogP contribution in [-0.4, -0.2) is 25.3 Å². The van der Waals surface area contributed by atoms with E-state index in [9.17, 15) is 13.2 Å². The summed E-state index contributed by atoms with van der Waals surface area (Å²) in [5.74, 6) is -0.408. The summed E-state index contributed by atoms with van der Waals surface area (Å²) in [6.07, 6.45) is 0. The summed E-state index contributed by atoms with van der Waals surface area (Å²) in [5, 5.41) is 0.466. The van der Waals surface area contributed by atoms with Crippen LogP contribution >= 0.6 is 27.5 Å². The van der Waals surface area contributed by atoms with Crippen molar-refractivity contribution in [1.82, 2.24) is 4.31 Å². The van der Waals surface area contributed by atoms with Crippen LogP contribution in [0.1, 0.15) is 28.4 Å². The molecule has 0 amide bonds. The Labute approximate surface area is 195 Å². The molecule has 0 fully saturated rings. The van der Waals surface area contributed by atoms with Crippen LogP contribution in [0.3, 0.4) is 0 Å². The Kier molecular flexibility index (Phi) is 7.89. The fourth-order valence-electron chi connectivity index (χ4n) is 2.94. The molecule has 0 saturated heterocycles. The Morgan fingerprint density at radius 2 is 1.42 bits per heavy atom. The van der Waals surface area contributed by atoms with Crippen LogP contribution in [0.25, 0.3) is 0 Å². The Morgan fingerprint density at radius 3 is 1.94 bits per heavy atom. The summed E-state index contributed by atoms with van der Waals surface area (Å²) >= 11 is 9.32. The number of carbonyl (C=O) groups excluding carboxylic acids is 1. The Balaban J connectivity index is 1.90. The predicted octanol–water partition coefficient (Wildman–Crippen LogP) is 5.67. The van der Waals surface area contributed by atoms with E-state index in [4.69, 9.17) is 16.3 Å². The molecule has 0 aliphatic rings. The van der Waals surface area contributed by atoms with Gasteiger partial charge in [-0.2, -0.15) is 4.31 Å².